The molecule has 2 amide bonds. The maximum absolute atomic E-state index is 13.8. The molecule has 1 aliphatic heterocycles. The maximum Gasteiger partial charge on any atom is 0.249 e. The first kappa shape index (κ1) is 15.9. The molecule has 0 spiro atoms. The summed E-state index contributed by atoms with van der Waals surface area (Å²) in [5.74, 6) is -2.46. The van der Waals surface area contributed by atoms with Crippen LogP contribution in [-0.4, -0.2) is 29.9 Å². The zero-order valence-electron chi connectivity index (χ0n) is 12.6. The normalized spacial score (nSPS) is 23.3. The van der Waals surface area contributed by atoms with Gasteiger partial charge in [-0.1, -0.05) is 18.9 Å². The van der Waals surface area contributed by atoms with Crippen molar-refractivity contribution in [2.45, 2.75) is 43.7 Å². The summed E-state index contributed by atoms with van der Waals surface area (Å²) in [6.07, 6.45) is 3.25. The van der Waals surface area contributed by atoms with Crippen molar-refractivity contribution in [3.63, 3.8) is 0 Å². The van der Waals surface area contributed by atoms with Crippen molar-refractivity contribution >= 4 is 17.5 Å². The fraction of sp³-hybridized carbons (Fsp3) is 0.500. The van der Waals surface area contributed by atoms with Crippen LogP contribution in [-0.2, 0) is 9.59 Å². The van der Waals surface area contributed by atoms with E-state index in [4.69, 9.17) is 5.73 Å². The molecule has 0 bridgehead atoms. The number of carbonyl (C=O) groups excluding carboxylic acids is 2. The largest absolute Gasteiger partial charge is 0.343 e. The first-order valence-electron chi connectivity index (χ1n) is 7.78. The molecule has 0 radical (unpaired) electrons. The lowest BCUT2D eigenvalue weighted by Gasteiger charge is -2.24. The molecule has 7 heteroatoms. The second kappa shape index (κ2) is 5.88. The summed E-state index contributed by atoms with van der Waals surface area (Å²) < 4.78 is 27.7. The van der Waals surface area contributed by atoms with E-state index in [2.05, 4.69) is 5.32 Å². The first-order valence-corrected chi connectivity index (χ1v) is 7.78. The van der Waals surface area contributed by atoms with Crippen molar-refractivity contribution in [1.29, 1.82) is 0 Å². The SMILES string of the molecule is NC1(C(=O)NC2CCN(c3c(F)cccc3F)C2=O)CCCC1. The van der Waals surface area contributed by atoms with Crippen LogP contribution in [0.5, 0.6) is 0 Å². The van der Waals surface area contributed by atoms with Crippen LogP contribution in [0.1, 0.15) is 32.1 Å². The predicted molar refractivity (Wildman–Crippen MR) is 80.6 cm³/mol. The third kappa shape index (κ3) is 2.81. The highest BCUT2D eigenvalue weighted by Gasteiger charge is 2.42. The molecule has 3 N–H and O–H groups in total. The fourth-order valence-corrected chi connectivity index (χ4v) is 3.32. The van der Waals surface area contributed by atoms with Gasteiger partial charge in [-0.2, -0.15) is 0 Å². The molecule has 1 saturated carbocycles. The van der Waals surface area contributed by atoms with E-state index in [0.717, 1.165) is 29.9 Å². The molecule has 2 aliphatic rings. The Labute approximate surface area is 132 Å². The number of nitrogens with one attached hydrogen (secondary N) is 1. The molecule has 1 unspecified atom stereocenters. The third-order valence-corrected chi connectivity index (χ3v) is 4.67. The maximum atomic E-state index is 13.8. The summed E-state index contributed by atoms with van der Waals surface area (Å²) in [6, 6.07) is 2.66. The molecule has 5 nitrogen and oxygen atoms in total. The van der Waals surface area contributed by atoms with Gasteiger partial charge in [0, 0.05) is 6.54 Å². The van der Waals surface area contributed by atoms with Crippen LogP contribution in [0, 0.1) is 11.6 Å². The number of rotatable bonds is 3. The van der Waals surface area contributed by atoms with E-state index in [1.165, 1.54) is 6.07 Å². The van der Waals surface area contributed by atoms with Crippen LogP contribution in [0.2, 0.25) is 0 Å². The summed E-state index contributed by atoms with van der Waals surface area (Å²) in [4.78, 5) is 25.7. The molecule has 0 aromatic heterocycles. The number of nitrogens with two attached hydrogens (primary N) is 1. The molecule has 1 aliphatic carbocycles. The van der Waals surface area contributed by atoms with Crippen molar-refractivity contribution in [3.8, 4) is 0 Å². The van der Waals surface area contributed by atoms with Gasteiger partial charge < -0.3 is 16.0 Å². The van der Waals surface area contributed by atoms with Crippen molar-refractivity contribution in [3.05, 3.63) is 29.8 Å². The van der Waals surface area contributed by atoms with E-state index >= 15 is 0 Å². The van der Waals surface area contributed by atoms with Crippen LogP contribution < -0.4 is 16.0 Å². The lowest BCUT2D eigenvalue weighted by Crippen LogP contribution is -2.55. The average molecular weight is 323 g/mol. The van der Waals surface area contributed by atoms with E-state index in [1.54, 1.807) is 0 Å². The number of anilines is 1. The summed E-state index contributed by atoms with van der Waals surface area (Å²) in [5, 5.41) is 2.65. The van der Waals surface area contributed by atoms with Gasteiger partial charge in [0.2, 0.25) is 11.8 Å². The Kier molecular flexibility index (Phi) is 4.06. The number of amides is 2. The van der Waals surface area contributed by atoms with E-state index in [1.807, 2.05) is 0 Å². The quantitative estimate of drug-likeness (QED) is 0.884. The second-order valence-electron chi connectivity index (χ2n) is 6.24. The molecule has 2 fully saturated rings. The molecular weight excluding hydrogens is 304 g/mol. The molecular formula is C16H19F2N3O2. The van der Waals surface area contributed by atoms with Crippen LogP contribution >= 0.6 is 0 Å². The molecule has 1 aromatic rings. The minimum Gasteiger partial charge on any atom is -0.343 e. The lowest BCUT2D eigenvalue weighted by molar-refractivity contribution is -0.130. The van der Waals surface area contributed by atoms with Gasteiger partial charge in [-0.15, -0.1) is 0 Å². The second-order valence-corrected chi connectivity index (χ2v) is 6.24. The molecule has 1 aromatic carbocycles. The Morgan fingerprint density at radius 3 is 2.48 bits per heavy atom. The molecule has 23 heavy (non-hydrogen) atoms. The highest BCUT2D eigenvalue weighted by Crippen LogP contribution is 2.30. The van der Waals surface area contributed by atoms with Crippen LogP contribution in [0.15, 0.2) is 18.2 Å². The van der Waals surface area contributed by atoms with Gasteiger partial charge in [0.15, 0.2) is 0 Å². The highest BCUT2D eigenvalue weighted by molar-refractivity contribution is 6.02. The minimum atomic E-state index is -0.934. The van der Waals surface area contributed by atoms with Crippen molar-refractivity contribution in [2.75, 3.05) is 11.4 Å². The molecule has 1 saturated heterocycles. The zero-order valence-corrected chi connectivity index (χ0v) is 12.6. The van der Waals surface area contributed by atoms with Gasteiger partial charge in [-0.25, -0.2) is 8.78 Å². The Bertz CT molecular complexity index is 624. The van der Waals surface area contributed by atoms with Gasteiger partial charge in [-0.05, 0) is 31.4 Å². The standard InChI is InChI=1S/C16H19F2N3O2/c17-10-4-3-5-11(18)13(10)21-9-6-12(14(21)22)20-15(23)16(19)7-1-2-8-16/h3-5,12H,1-2,6-9,19H2,(H,20,23). The van der Waals surface area contributed by atoms with Crippen molar-refractivity contribution in [2.24, 2.45) is 5.73 Å². The number of hydrogen-bond donors (Lipinski definition) is 2. The van der Waals surface area contributed by atoms with Gasteiger partial charge in [-0.3, -0.25) is 9.59 Å². The topological polar surface area (TPSA) is 75.4 Å². The van der Waals surface area contributed by atoms with Gasteiger partial charge in [0.25, 0.3) is 0 Å². The van der Waals surface area contributed by atoms with Crippen LogP contribution in [0.3, 0.4) is 0 Å². The summed E-state index contributed by atoms with van der Waals surface area (Å²) in [5.41, 5.74) is 4.77. The Hall–Kier alpha value is -2.02. The zero-order chi connectivity index (χ0) is 16.6. The number of halogens is 2. The van der Waals surface area contributed by atoms with Gasteiger partial charge in [0.1, 0.15) is 23.4 Å². The Morgan fingerprint density at radius 2 is 1.87 bits per heavy atom. The summed E-state index contributed by atoms with van der Waals surface area (Å²) in [6.45, 7) is 0.152. The fourth-order valence-electron chi connectivity index (χ4n) is 3.32. The number of carbonyl (C=O) groups is 2. The van der Waals surface area contributed by atoms with E-state index < -0.39 is 29.1 Å². The smallest absolute Gasteiger partial charge is 0.249 e. The van der Waals surface area contributed by atoms with Crippen LogP contribution in [0.25, 0.3) is 0 Å². The van der Waals surface area contributed by atoms with Crippen molar-refractivity contribution < 1.29 is 18.4 Å². The average Bonchev–Trinajstić information content (AvgIpc) is 3.09. The summed E-state index contributed by atoms with van der Waals surface area (Å²) in [7, 11) is 0. The van der Waals surface area contributed by atoms with E-state index in [9.17, 15) is 18.4 Å². The third-order valence-electron chi connectivity index (χ3n) is 4.67. The monoisotopic (exact) mass is 323 g/mol. The number of benzene rings is 1. The number of hydrogen-bond acceptors (Lipinski definition) is 3. The van der Waals surface area contributed by atoms with E-state index in [0.29, 0.717) is 19.3 Å². The minimum absolute atomic E-state index is 0.152. The Balaban J connectivity index is 1.73. The predicted octanol–water partition coefficient (Wildman–Crippen LogP) is 1.46. The molecule has 1 atom stereocenters. The molecule has 3 rings (SSSR count). The highest BCUT2D eigenvalue weighted by atomic mass is 19.1. The molecule has 1 heterocycles. The molecule has 124 valence electrons. The number of nitrogens with zero attached hydrogens (tertiary/aromatic N) is 1. The van der Waals surface area contributed by atoms with Gasteiger partial charge >= 0.3 is 0 Å². The lowest BCUT2D eigenvalue weighted by atomic mass is 9.97. The number of para-hydroxylation sites is 1. The van der Waals surface area contributed by atoms with Gasteiger partial charge in [0.05, 0.1) is 5.54 Å². The summed E-state index contributed by atoms with van der Waals surface area (Å²) >= 11 is 0. The van der Waals surface area contributed by atoms with E-state index in [-0.39, 0.29) is 18.1 Å². The Morgan fingerprint density at radius 1 is 1.26 bits per heavy atom. The van der Waals surface area contributed by atoms with Crippen LogP contribution in [0.4, 0.5) is 14.5 Å². The first-order chi connectivity index (χ1) is 10.9. The van der Waals surface area contributed by atoms with Crippen molar-refractivity contribution in [1.82, 2.24) is 5.32 Å².